The molecular weight excluding hydrogens is 150 g/mol. The van der Waals surface area contributed by atoms with Crippen molar-refractivity contribution in [1.29, 1.82) is 0 Å². The van der Waals surface area contributed by atoms with Gasteiger partial charge in [-0.2, -0.15) is 0 Å². The number of rotatable bonds is 1. The van der Waals surface area contributed by atoms with Crippen LogP contribution in [0, 0.1) is 0 Å². The summed E-state index contributed by atoms with van der Waals surface area (Å²) in [6, 6.07) is -0.410. The molecule has 0 bridgehead atoms. The van der Waals surface area contributed by atoms with E-state index in [9.17, 15) is 9.90 Å². The van der Waals surface area contributed by atoms with E-state index >= 15 is 0 Å². The van der Waals surface area contributed by atoms with Crippen LogP contribution in [0.15, 0.2) is 0 Å². The lowest BCUT2D eigenvalue weighted by molar-refractivity contribution is 0.0862. The molecule has 11 heavy (non-hydrogen) atoms. The van der Waals surface area contributed by atoms with E-state index in [0.29, 0.717) is 0 Å². The molecule has 2 atom stereocenters. The van der Waals surface area contributed by atoms with Gasteiger partial charge < -0.3 is 19.8 Å². The van der Waals surface area contributed by atoms with Gasteiger partial charge in [0.25, 0.3) is 0 Å². The highest BCUT2D eigenvalue weighted by atomic mass is 16.5. The van der Waals surface area contributed by atoms with E-state index in [-0.39, 0.29) is 13.2 Å². The molecule has 1 rings (SSSR count). The molecule has 64 valence electrons. The Balaban J connectivity index is 2.52. The molecule has 0 aromatic rings. The summed E-state index contributed by atoms with van der Waals surface area (Å²) in [6.07, 6.45) is -1.73. The zero-order chi connectivity index (χ0) is 8.43. The standard InChI is InChI=1S/C6H11NO4/c1-7(6(9)10)4-2-11-3-5(4)8/h4-5,8H,2-3H2,1H3,(H,9,10)/t4-,5+/m0/s1. The number of likely N-dealkylation sites (N-methyl/N-ethyl adjacent to an activating group) is 1. The first-order valence-corrected chi connectivity index (χ1v) is 3.34. The number of hydrogen-bond donors (Lipinski definition) is 2. The van der Waals surface area contributed by atoms with Gasteiger partial charge >= 0.3 is 6.09 Å². The first-order chi connectivity index (χ1) is 5.13. The SMILES string of the molecule is CN(C(=O)O)[C@H]1COC[C@H]1O. The number of aliphatic hydroxyl groups is 1. The third-order valence-electron chi connectivity index (χ3n) is 1.82. The molecule has 0 aliphatic carbocycles. The summed E-state index contributed by atoms with van der Waals surface area (Å²) in [5.41, 5.74) is 0. The van der Waals surface area contributed by atoms with Crippen LogP contribution in [-0.2, 0) is 4.74 Å². The summed E-state index contributed by atoms with van der Waals surface area (Å²) < 4.78 is 4.89. The Bertz CT molecular complexity index is 161. The molecule has 0 saturated carbocycles. The fourth-order valence-electron chi connectivity index (χ4n) is 1.04. The Kier molecular flexibility index (Phi) is 2.31. The number of nitrogens with zero attached hydrogens (tertiary/aromatic N) is 1. The summed E-state index contributed by atoms with van der Waals surface area (Å²) in [6.45, 7) is 0.506. The normalized spacial score (nSPS) is 30.4. The molecule has 2 N–H and O–H groups in total. The molecule has 1 fully saturated rings. The second-order valence-electron chi connectivity index (χ2n) is 2.57. The molecular formula is C6H11NO4. The van der Waals surface area contributed by atoms with E-state index in [1.165, 1.54) is 7.05 Å². The molecule has 1 heterocycles. The van der Waals surface area contributed by atoms with Gasteiger partial charge in [0.15, 0.2) is 0 Å². The second-order valence-corrected chi connectivity index (χ2v) is 2.57. The number of carbonyl (C=O) groups is 1. The van der Waals surface area contributed by atoms with Crippen molar-refractivity contribution in [2.75, 3.05) is 20.3 Å². The number of aliphatic hydroxyl groups excluding tert-OH is 1. The number of carboxylic acid groups (broad SMARTS) is 1. The van der Waals surface area contributed by atoms with E-state index < -0.39 is 18.2 Å². The molecule has 0 spiro atoms. The van der Waals surface area contributed by atoms with Gasteiger partial charge in [0.05, 0.1) is 19.3 Å². The zero-order valence-electron chi connectivity index (χ0n) is 6.23. The van der Waals surface area contributed by atoms with Crippen molar-refractivity contribution in [1.82, 2.24) is 4.90 Å². The van der Waals surface area contributed by atoms with E-state index in [1.807, 2.05) is 0 Å². The Morgan fingerprint density at radius 2 is 2.27 bits per heavy atom. The van der Waals surface area contributed by atoms with Crippen LogP contribution in [0.1, 0.15) is 0 Å². The summed E-state index contributed by atoms with van der Waals surface area (Å²) in [7, 11) is 1.42. The number of amides is 1. The van der Waals surface area contributed by atoms with Crippen molar-refractivity contribution in [2.45, 2.75) is 12.1 Å². The first-order valence-electron chi connectivity index (χ1n) is 3.34. The molecule has 5 nitrogen and oxygen atoms in total. The second kappa shape index (κ2) is 3.06. The molecule has 0 radical (unpaired) electrons. The monoisotopic (exact) mass is 161 g/mol. The van der Waals surface area contributed by atoms with Crippen LogP contribution in [0.4, 0.5) is 4.79 Å². The van der Waals surface area contributed by atoms with Crippen LogP contribution >= 0.6 is 0 Å². The highest BCUT2D eigenvalue weighted by Gasteiger charge is 2.31. The summed E-state index contributed by atoms with van der Waals surface area (Å²) in [5, 5.41) is 17.7. The van der Waals surface area contributed by atoms with E-state index in [2.05, 4.69) is 0 Å². The number of hydrogen-bond acceptors (Lipinski definition) is 3. The van der Waals surface area contributed by atoms with Crippen LogP contribution in [-0.4, -0.2) is 53.6 Å². The maximum Gasteiger partial charge on any atom is 0.407 e. The summed E-state index contributed by atoms with van der Waals surface area (Å²) >= 11 is 0. The van der Waals surface area contributed by atoms with Gasteiger partial charge in [-0.25, -0.2) is 4.79 Å². The third kappa shape index (κ3) is 1.61. The minimum Gasteiger partial charge on any atom is -0.465 e. The Hall–Kier alpha value is -0.810. The Labute approximate surface area is 64.2 Å². The van der Waals surface area contributed by atoms with Crippen molar-refractivity contribution in [3.63, 3.8) is 0 Å². The van der Waals surface area contributed by atoms with Gasteiger partial charge in [0.1, 0.15) is 6.10 Å². The fourth-order valence-corrected chi connectivity index (χ4v) is 1.04. The Morgan fingerprint density at radius 1 is 1.64 bits per heavy atom. The van der Waals surface area contributed by atoms with Gasteiger partial charge in [-0.05, 0) is 0 Å². The van der Waals surface area contributed by atoms with Crippen molar-refractivity contribution < 1.29 is 19.7 Å². The van der Waals surface area contributed by atoms with E-state index in [1.54, 1.807) is 0 Å². The molecule has 1 aliphatic rings. The molecule has 5 heteroatoms. The quantitative estimate of drug-likeness (QED) is 0.536. The molecule has 1 saturated heterocycles. The van der Waals surface area contributed by atoms with Gasteiger partial charge in [-0.15, -0.1) is 0 Å². The van der Waals surface area contributed by atoms with Crippen molar-refractivity contribution in [2.24, 2.45) is 0 Å². The summed E-state index contributed by atoms with van der Waals surface area (Å²) in [4.78, 5) is 11.5. The lowest BCUT2D eigenvalue weighted by Gasteiger charge is -2.22. The van der Waals surface area contributed by atoms with Crippen LogP contribution in [0.3, 0.4) is 0 Å². The minimum atomic E-state index is -1.04. The van der Waals surface area contributed by atoms with Gasteiger partial charge in [0, 0.05) is 7.05 Å². The largest absolute Gasteiger partial charge is 0.465 e. The molecule has 1 amide bonds. The predicted octanol–water partition coefficient (Wildman–Crippen LogP) is -0.644. The van der Waals surface area contributed by atoms with Crippen LogP contribution < -0.4 is 0 Å². The average molecular weight is 161 g/mol. The lowest BCUT2D eigenvalue weighted by atomic mass is 10.2. The number of ether oxygens (including phenoxy) is 1. The maximum atomic E-state index is 10.4. The fraction of sp³-hybridized carbons (Fsp3) is 0.833. The molecule has 0 unspecified atom stereocenters. The smallest absolute Gasteiger partial charge is 0.407 e. The predicted molar refractivity (Wildman–Crippen MR) is 36.4 cm³/mol. The van der Waals surface area contributed by atoms with E-state index in [4.69, 9.17) is 9.84 Å². The zero-order valence-corrected chi connectivity index (χ0v) is 6.23. The van der Waals surface area contributed by atoms with Crippen LogP contribution in [0.2, 0.25) is 0 Å². The van der Waals surface area contributed by atoms with Gasteiger partial charge in [-0.1, -0.05) is 0 Å². The van der Waals surface area contributed by atoms with Crippen molar-refractivity contribution in [3.8, 4) is 0 Å². The van der Waals surface area contributed by atoms with Crippen molar-refractivity contribution >= 4 is 6.09 Å². The van der Waals surface area contributed by atoms with Crippen molar-refractivity contribution in [3.05, 3.63) is 0 Å². The van der Waals surface area contributed by atoms with Crippen LogP contribution in [0.5, 0.6) is 0 Å². The molecule has 0 aromatic heterocycles. The summed E-state index contributed by atoms with van der Waals surface area (Å²) in [5.74, 6) is 0. The van der Waals surface area contributed by atoms with Crippen LogP contribution in [0.25, 0.3) is 0 Å². The Morgan fingerprint density at radius 3 is 2.64 bits per heavy atom. The highest BCUT2D eigenvalue weighted by Crippen LogP contribution is 2.11. The average Bonchev–Trinajstić information content (AvgIpc) is 2.33. The maximum absolute atomic E-state index is 10.4. The van der Waals surface area contributed by atoms with Gasteiger partial charge in [0.2, 0.25) is 0 Å². The third-order valence-corrected chi connectivity index (χ3v) is 1.82. The molecule has 0 aromatic carbocycles. The van der Waals surface area contributed by atoms with Gasteiger partial charge in [-0.3, -0.25) is 0 Å². The van der Waals surface area contributed by atoms with E-state index in [0.717, 1.165) is 4.90 Å². The highest BCUT2D eigenvalue weighted by molar-refractivity contribution is 5.65. The topological polar surface area (TPSA) is 70.0 Å². The molecule has 1 aliphatic heterocycles. The lowest BCUT2D eigenvalue weighted by Crippen LogP contribution is -2.43. The first kappa shape index (κ1) is 8.29. The minimum absolute atomic E-state index is 0.224.